The number of halogens is 2. The maximum absolute atomic E-state index is 13.2. The zero-order valence-electron chi connectivity index (χ0n) is 9.30. The first-order valence-electron chi connectivity index (χ1n) is 5.63. The minimum Gasteiger partial charge on any atom is -0.323 e. The van der Waals surface area contributed by atoms with Crippen LogP contribution in [0.2, 0.25) is 0 Å². The molecule has 0 bridgehead atoms. The molecule has 3 nitrogen and oxygen atoms in total. The summed E-state index contributed by atoms with van der Waals surface area (Å²) in [5.41, 5.74) is -0.110. The molecule has 0 heterocycles. The van der Waals surface area contributed by atoms with Gasteiger partial charge in [0.1, 0.15) is 11.6 Å². The van der Waals surface area contributed by atoms with Crippen LogP contribution >= 0.6 is 0 Å². The molecular formula is C12H14F2N2O. The van der Waals surface area contributed by atoms with Crippen LogP contribution in [0.4, 0.5) is 14.5 Å². The van der Waals surface area contributed by atoms with Gasteiger partial charge in [0, 0.05) is 25.1 Å². The van der Waals surface area contributed by atoms with Gasteiger partial charge >= 0.3 is 0 Å². The summed E-state index contributed by atoms with van der Waals surface area (Å²) >= 11 is 0. The molecule has 2 N–H and O–H groups in total. The molecule has 0 aliphatic heterocycles. The van der Waals surface area contributed by atoms with Crippen LogP contribution in [0.1, 0.15) is 19.3 Å². The maximum Gasteiger partial charge on any atom is 0.225 e. The lowest BCUT2D eigenvalue weighted by Crippen LogP contribution is -2.23. The molecule has 92 valence electrons. The zero-order valence-corrected chi connectivity index (χ0v) is 9.30. The van der Waals surface area contributed by atoms with Crippen LogP contribution in [-0.2, 0) is 4.79 Å². The highest BCUT2D eigenvalue weighted by Gasteiger charge is 2.20. The predicted molar refractivity (Wildman–Crippen MR) is 60.6 cm³/mol. The van der Waals surface area contributed by atoms with Crippen molar-refractivity contribution in [1.29, 1.82) is 0 Å². The van der Waals surface area contributed by atoms with Crippen molar-refractivity contribution in [3.05, 3.63) is 29.8 Å². The topological polar surface area (TPSA) is 41.1 Å². The third-order valence-electron chi connectivity index (χ3n) is 2.56. The van der Waals surface area contributed by atoms with Crippen molar-refractivity contribution in [2.24, 2.45) is 0 Å². The molecular weight excluding hydrogens is 226 g/mol. The highest BCUT2D eigenvalue weighted by molar-refractivity contribution is 5.90. The van der Waals surface area contributed by atoms with Gasteiger partial charge in [0.25, 0.3) is 0 Å². The van der Waals surface area contributed by atoms with Crippen LogP contribution in [0.5, 0.6) is 0 Å². The van der Waals surface area contributed by atoms with Crippen LogP contribution in [0.25, 0.3) is 0 Å². The number of nitrogens with one attached hydrogen (secondary N) is 2. The average molecular weight is 240 g/mol. The van der Waals surface area contributed by atoms with Crippen LogP contribution in [0.3, 0.4) is 0 Å². The summed E-state index contributed by atoms with van der Waals surface area (Å²) in [7, 11) is 0. The van der Waals surface area contributed by atoms with Gasteiger partial charge in [-0.25, -0.2) is 8.78 Å². The lowest BCUT2D eigenvalue weighted by atomic mass is 10.3. The molecule has 17 heavy (non-hydrogen) atoms. The van der Waals surface area contributed by atoms with Gasteiger partial charge < -0.3 is 10.6 Å². The Kier molecular flexibility index (Phi) is 3.68. The standard InChI is InChI=1S/C12H14F2N2O/c13-8-1-4-10(14)11(7-8)16-12(17)5-6-15-9-2-3-9/h1,4,7,9,15H,2-3,5-6H2,(H,16,17). The minimum atomic E-state index is -0.630. The summed E-state index contributed by atoms with van der Waals surface area (Å²) in [4.78, 5) is 11.4. The summed E-state index contributed by atoms with van der Waals surface area (Å²) in [6.07, 6.45) is 2.56. The molecule has 1 aromatic carbocycles. The molecule has 1 saturated carbocycles. The molecule has 5 heteroatoms. The van der Waals surface area contributed by atoms with E-state index >= 15 is 0 Å². The Bertz CT molecular complexity index is 419. The molecule has 0 unspecified atom stereocenters. The third kappa shape index (κ3) is 3.78. The molecule has 1 fully saturated rings. The molecule has 0 atom stereocenters. The van der Waals surface area contributed by atoms with Gasteiger partial charge in [-0.2, -0.15) is 0 Å². The highest BCUT2D eigenvalue weighted by atomic mass is 19.1. The lowest BCUT2D eigenvalue weighted by Gasteiger charge is -2.06. The zero-order chi connectivity index (χ0) is 12.3. The number of rotatable bonds is 5. The predicted octanol–water partition coefficient (Wildman–Crippen LogP) is 2.05. The van der Waals surface area contributed by atoms with Crippen molar-refractivity contribution >= 4 is 11.6 Å². The average Bonchev–Trinajstić information content (AvgIpc) is 3.07. The quantitative estimate of drug-likeness (QED) is 0.827. The molecule has 0 spiro atoms. The fourth-order valence-corrected chi connectivity index (χ4v) is 1.48. The van der Waals surface area contributed by atoms with E-state index in [0.717, 1.165) is 31.0 Å². The Balaban J connectivity index is 1.81. The number of carbonyl (C=O) groups excluding carboxylic acids is 1. The molecule has 1 aliphatic carbocycles. The van der Waals surface area contributed by atoms with Crippen LogP contribution in [0, 0.1) is 11.6 Å². The summed E-state index contributed by atoms with van der Waals surface area (Å²) in [6.45, 7) is 0.563. The van der Waals surface area contributed by atoms with Gasteiger partial charge in [0.05, 0.1) is 5.69 Å². The number of amides is 1. The number of benzene rings is 1. The summed E-state index contributed by atoms with van der Waals surface area (Å²) < 4.78 is 26.0. The minimum absolute atomic E-state index is 0.110. The van der Waals surface area contributed by atoms with E-state index in [1.54, 1.807) is 0 Å². The first-order valence-corrected chi connectivity index (χ1v) is 5.63. The van der Waals surface area contributed by atoms with Gasteiger partial charge in [0.15, 0.2) is 0 Å². The Morgan fingerprint density at radius 1 is 1.35 bits per heavy atom. The van der Waals surface area contributed by atoms with Crippen molar-refractivity contribution < 1.29 is 13.6 Å². The molecule has 2 rings (SSSR count). The summed E-state index contributed by atoms with van der Waals surface area (Å²) in [5, 5.41) is 5.52. The Morgan fingerprint density at radius 2 is 2.12 bits per heavy atom. The fourth-order valence-electron chi connectivity index (χ4n) is 1.48. The van der Waals surface area contributed by atoms with E-state index in [4.69, 9.17) is 0 Å². The number of hydrogen-bond acceptors (Lipinski definition) is 2. The molecule has 0 radical (unpaired) electrons. The van der Waals surface area contributed by atoms with Crippen molar-refractivity contribution in [3.63, 3.8) is 0 Å². The fraction of sp³-hybridized carbons (Fsp3) is 0.417. The Morgan fingerprint density at radius 3 is 2.82 bits per heavy atom. The van der Waals surface area contributed by atoms with E-state index in [1.807, 2.05) is 0 Å². The highest BCUT2D eigenvalue weighted by Crippen LogP contribution is 2.18. The van der Waals surface area contributed by atoms with E-state index in [9.17, 15) is 13.6 Å². The van der Waals surface area contributed by atoms with Gasteiger partial charge in [-0.05, 0) is 25.0 Å². The maximum atomic E-state index is 13.2. The monoisotopic (exact) mass is 240 g/mol. The van der Waals surface area contributed by atoms with Gasteiger partial charge in [-0.3, -0.25) is 4.79 Å². The smallest absolute Gasteiger partial charge is 0.225 e. The van der Waals surface area contributed by atoms with Gasteiger partial charge in [-0.1, -0.05) is 0 Å². The second-order valence-corrected chi connectivity index (χ2v) is 4.15. The largest absolute Gasteiger partial charge is 0.323 e. The van der Waals surface area contributed by atoms with Crippen molar-refractivity contribution in [2.75, 3.05) is 11.9 Å². The van der Waals surface area contributed by atoms with Crippen LogP contribution in [-0.4, -0.2) is 18.5 Å². The second kappa shape index (κ2) is 5.23. The normalized spacial score (nSPS) is 14.7. The number of anilines is 1. The van der Waals surface area contributed by atoms with Crippen LogP contribution in [0.15, 0.2) is 18.2 Å². The van der Waals surface area contributed by atoms with Crippen molar-refractivity contribution in [2.45, 2.75) is 25.3 Å². The summed E-state index contributed by atoms with van der Waals surface area (Å²) in [6, 6.07) is 3.52. The SMILES string of the molecule is O=C(CCNC1CC1)Nc1cc(F)ccc1F. The van der Waals surface area contributed by atoms with E-state index in [1.165, 1.54) is 0 Å². The third-order valence-corrected chi connectivity index (χ3v) is 2.56. The molecule has 0 aromatic heterocycles. The summed E-state index contributed by atoms with van der Waals surface area (Å²) in [5.74, 6) is -1.52. The van der Waals surface area contributed by atoms with Gasteiger partial charge in [-0.15, -0.1) is 0 Å². The first-order chi connectivity index (χ1) is 8.15. The van der Waals surface area contributed by atoms with E-state index < -0.39 is 11.6 Å². The second-order valence-electron chi connectivity index (χ2n) is 4.15. The van der Waals surface area contributed by atoms with Crippen molar-refractivity contribution in [3.8, 4) is 0 Å². The van der Waals surface area contributed by atoms with Crippen LogP contribution < -0.4 is 10.6 Å². The van der Waals surface area contributed by atoms with E-state index in [2.05, 4.69) is 10.6 Å². The molecule has 1 amide bonds. The Hall–Kier alpha value is -1.49. The number of carbonyl (C=O) groups is 1. The molecule has 1 aliphatic rings. The van der Waals surface area contributed by atoms with E-state index in [-0.39, 0.29) is 18.0 Å². The lowest BCUT2D eigenvalue weighted by molar-refractivity contribution is -0.116. The molecule has 0 saturated heterocycles. The number of hydrogen-bond donors (Lipinski definition) is 2. The molecule has 1 aromatic rings. The van der Waals surface area contributed by atoms with Gasteiger partial charge in [0.2, 0.25) is 5.91 Å². The Labute approximate surface area is 98.2 Å². The van der Waals surface area contributed by atoms with Crippen molar-refractivity contribution in [1.82, 2.24) is 5.32 Å². The first kappa shape index (κ1) is 12.0. The van der Waals surface area contributed by atoms with E-state index in [0.29, 0.717) is 12.6 Å².